The Labute approximate surface area is 144 Å². The molecule has 0 aliphatic rings. The monoisotopic (exact) mass is 343 g/mol. The first-order chi connectivity index (χ1) is 12.2. The highest BCUT2D eigenvalue weighted by atomic mass is 16.3. The summed E-state index contributed by atoms with van der Waals surface area (Å²) in [6.07, 6.45) is 2.18. The lowest BCUT2D eigenvalue weighted by molar-refractivity contribution is 0.226. The number of rotatable bonds is 8. The van der Waals surface area contributed by atoms with Crippen molar-refractivity contribution in [2.75, 3.05) is 25.1 Å². The van der Waals surface area contributed by atoms with E-state index in [1.165, 1.54) is 4.57 Å². The summed E-state index contributed by atoms with van der Waals surface area (Å²) in [6, 6.07) is 10.8. The zero-order valence-electron chi connectivity index (χ0n) is 13.8. The van der Waals surface area contributed by atoms with Crippen molar-refractivity contribution in [2.24, 2.45) is 5.92 Å². The second kappa shape index (κ2) is 7.96. The summed E-state index contributed by atoms with van der Waals surface area (Å²) in [7, 11) is 0. The first-order valence-corrected chi connectivity index (χ1v) is 8.20. The fourth-order valence-corrected chi connectivity index (χ4v) is 2.76. The van der Waals surface area contributed by atoms with E-state index >= 15 is 0 Å². The third-order valence-corrected chi connectivity index (χ3v) is 4.06. The molecule has 2 aromatic heterocycles. The standard InChI is InChI=1S/C18H21N3O4/c22-8-7-21-17(24)15-5-1-2-6-16(15)20-18(21)19-11-13(12-23)10-14-4-3-9-25-14/h1-6,9,13,22-23H,7-8,10-12H2,(H,19,20). The predicted molar refractivity (Wildman–Crippen MR) is 94.6 cm³/mol. The number of aliphatic hydroxyl groups excluding tert-OH is 2. The highest BCUT2D eigenvalue weighted by Gasteiger charge is 2.14. The zero-order valence-corrected chi connectivity index (χ0v) is 13.8. The fraction of sp³-hybridized carbons (Fsp3) is 0.333. The van der Waals surface area contributed by atoms with E-state index in [2.05, 4.69) is 10.3 Å². The zero-order chi connectivity index (χ0) is 17.6. The van der Waals surface area contributed by atoms with Crippen molar-refractivity contribution in [3.05, 3.63) is 58.8 Å². The Kier molecular flexibility index (Phi) is 5.47. The van der Waals surface area contributed by atoms with E-state index in [0.29, 0.717) is 29.8 Å². The lowest BCUT2D eigenvalue weighted by Gasteiger charge is -2.17. The Bertz CT molecular complexity index is 874. The summed E-state index contributed by atoms with van der Waals surface area (Å²) in [5.41, 5.74) is 0.393. The molecule has 25 heavy (non-hydrogen) atoms. The van der Waals surface area contributed by atoms with Gasteiger partial charge in [0, 0.05) is 25.5 Å². The van der Waals surface area contributed by atoms with E-state index in [1.54, 1.807) is 30.5 Å². The van der Waals surface area contributed by atoms with Gasteiger partial charge in [0.05, 0.1) is 30.3 Å². The maximum absolute atomic E-state index is 12.6. The number of nitrogens with one attached hydrogen (secondary N) is 1. The van der Waals surface area contributed by atoms with Gasteiger partial charge in [0.25, 0.3) is 5.56 Å². The van der Waals surface area contributed by atoms with Gasteiger partial charge in [-0.2, -0.15) is 0 Å². The molecule has 0 bridgehead atoms. The van der Waals surface area contributed by atoms with Crippen LogP contribution in [0.2, 0.25) is 0 Å². The van der Waals surface area contributed by atoms with Crippen LogP contribution >= 0.6 is 0 Å². The van der Waals surface area contributed by atoms with E-state index < -0.39 is 0 Å². The van der Waals surface area contributed by atoms with Gasteiger partial charge in [0.15, 0.2) is 0 Å². The Hall–Kier alpha value is -2.64. The maximum Gasteiger partial charge on any atom is 0.262 e. The molecule has 7 nitrogen and oxygen atoms in total. The molecule has 0 saturated heterocycles. The smallest absolute Gasteiger partial charge is 0.262 e. The maximum atomic E-state index is 12.6. The number of aromatic nitrogens is 2. The predicted octanol–water partition coefficient (Wildman–Crippen LogP) is 1.24. The molecule has 0 aliphatic carbocycles. The number of furan rings is 1. The van der Waals surface area contributed by atoms with Gasteiger partial charge in [-0.25, -0.2) is 4.98 Å². The highest BCUT2D eigenvalue weighted by molar-refractivity contribution is 5.78. The van der Waals surface area contributed by atoms with Crippen molar-refractivity contribution >= 4 is 16.9 Å². The van der Waals surface area contributed by atoms with Crippen LogP contribution in [0.1, 0.15) is 5.76 Å². The summed E-state index contributed by atoms with van der Waals surface area (Å²) in [5, 5.41) is 22.5. The van der Waals surface area contributed by atoms with Gasteiger partial charge in [-0.3, -0.25) is 9.36 Å². The minimum Gasteiger partial charge on any atom is -0.469 e. The molecule has 1 aromatic carbocycles. The third kappa shape index (κ3) is 3.89. The Morgan fingerprint density at radius 1 is 1.20 bits per heavy atom. The molecule has 3 aromatic rings. The van der Waals surface area contributed by atoms with Gasteiger partial charge in [-0.1, -0.05) is 12.1 Å². The molecule has 0 saturated carbocycles. The molecule has 0 radical (unpaired) electrons. The first-order valence-electron chi connectivity index (χ1n) is 8.20. The van der Waals surface area contributed by atoms with Crippen LogP contribution in [0.3, 0.4) is 0 Å². The Morgan fingerprint density at radius 3 is 2.76 bits per heavy atom. The first kappa shape index (κ1) is 17.2. The molecule has 0 spiro atoms. The van der Waals surface area contributed by atoms with E-state index in [9.17, 15) is 15.0 Å². The molecule has 3 N–H and O–H groups in total. The summed E-state index contributed by atoms with van der Waals surface area (Å²) < 4.78 is 6.73. The number of hydrogen-bond donors (Lipinski definition) is 3. The number of nitrogens with zero attached hydrogens (tertiary/aromatic N) is 2. The van der Waals surface area contributed by atoms with Crippen LogP contribution in [-0.4, -0.2) is 39.5 Å². The van der Waals surface area contributed by atoms with E-state index in [-0.39, 0.29) is 31.2 Å². The van der Waals surface area contributed by atoms with Crippen LogP contribution in [0.4, 0.5) is 5.95 Å². The van der Waals surface area contributed by atoms with E-state index in [4.69, 9.17) is 4.42 Å². The Balaban J connectivity index is 1.84. The second-order valence-electron chi connectivity index (χ2n) is 5.85. The summed E-state index contributed by atoms with van der Waals surface area (Å²) in [5.74, 6) is 1.09. The van der Waals surface area contributed by atoms with Crippen molar-refractivity contribution in [2.45, 2.75) is 13.0 Å². The lowest BCUT2D eigenvalue weighted by atomic mass is 10.1. The lowest BCUT2D eigenvalue weighted by Crippen LogP contribution is -2.29. The van der Waals surface area contributed by atoms with Gasteiger partial charge in [-0.15, -0.1) is 0 Å². The second-order valence-corrected chi connectivity index (χ2v) is 5.85. The minimum absolute atomic E-state index is 0.0223. The van der Waals surface area contributed by atoms with Crippen LogP contribution in [0.25, 0.3) is 10.9 Å². The van der Waals surface area contributed by atoms with E-state index in [0.717, 1.165) is 5.76 Å². The van der Waals surface area contributed by atoms with Crippen molar-refractivity contribution < 1.29 is 14.6 Å². The normalized spacial score (nSPS) is 12.4. The van der Waals surface area contributed by atoms with Gasteiger partial charge >= 0.3 is 0 Å². The van der Waals surface area contributed by atoms with Gasteiger partial charge in [-0.05, 0) is 24.3 Å². The SMILES string of the molecule is O=c1c2ccccc2nc(NCC(CO)Cc2ccco2)n1CCO. The molecule has 1 unspecified atom stereocenters. The van der Waals surface area contributed by atoms with E-state index in [1.807, 2.05) is 12.1 Å². The van der Waals surface area contributed by atoms with Crippen LogP contribution in [0, 0.1) is 5.92 Å². The topological polar surface area (TPSA) is 101 Å². The molecule has 2 heterocycles. The molecule has 3 rings (SSSR count). The number of para-hydroxylation sites is 1. The molecule has 0 aliphatic heterocycles. The molecule has 132 valence electrons. The van der Waals surface area contributed by atoms with Gasteiger partial charge < -0.3 is 19.9 Å². The third-order valence-electron chi connectivity index (χ3n) is 4.06. The fourth-order valence-electron chi connectivity index (χ4n) is 2.76. The molecule has 7 heteroatoms. The number of anilines is 1. The van der Waals surface area contributed by atoms with Crippen molar-refractivity contribution in [1.29, 1.82) is 0 Å². The van der Waals surface area contributed by atoms with Crippen LogP contribution in [0.15, 0.2) is 51.9 Å². The average molecular weight is 343 g/mol. The largest absolute Gasteiger partial charge is 0.469 e. The molecule has 1 atom stereocenters. The Morgan fingerprint density at radius 2 is 2.04 bits per heavy atom. The number of aliphatic hydroxyl groups is 2. The number of benzene rings is 1. The average Bonchev–Trinajstić information content (AvgIpc) is 3.14. The van der Waals surface area contributed by atoms with Crippen molar-refractivity contribution in [1.82, 2.24) is 9.55 Å². The highest BCUT2D eigenvalue weighted by Crippen LogP contribution is 2.13. The molecule has 0 fully saturated rings. The van der Waals surface area contributed by atoms with Gasteiger partial charge in [0.2, 0.25) is 5.95 Å². The minimum atomic E-state index is -0.200. The van der Waals surface area contributed by atoms with Crippen LogP contribution in [-0.2, 0) is 13.0 Å². The molecular weight excluding hydrogens is 322 g/mol. The van der Waals surface area contributed by atoms with Crippen molar-refractivity contribution in [3.63, 3.8) is 0 Å². The van der Waals surface area contributed by atoms with Gasteiger partial charge in [0.1, 0.15) is 5.76 Å². The van der Waals surface area contributed by atoms with Crippen molar-refractivity contribution in [3.8, 4) is 0 Å². The molecular formula is C18H21N3O4. The quantitative estimate of drug-likeness (QED) is 0.569. The van der Waals surface area contributed by atoms with Crippen LogP contribution < -0.4 is 10.9 Å². The summed E-state index contributed by atoms with van der Waals surface area (Å²) >= 11 is 0. The number of hydrogen-bond acceptors (Lipinski definition) is 6. The molecule has 0 amide bonds. The summed E-state index contributed by atoms with van der Waals surface area (Å²) in [4.78, 5) is 17.1. The van der Waals surface area contributed by atoms with Crippen LogP contribution in [0.5, 0.6) is 0 Å². The summed E-state index contributed by atoms with van der Waals surface area (Å²) in [6.45, 7) is 0.393. The number of fused-ring (bicyclic) bond motifs is 1.